The van der Waals surface area contributed by atoms with Gasteiger partial charge in [-0.25, -0.2) is 0 Å². The SMILES string of the molecule is CCCCC(CN)NC(=O)c1ccc(CCC)cc1. The van der Waals surface area contributed by atoms with Crippen LogP contribution < -0.4 is 11.1 Å². The van der Waals surface area contributed by atoms with Crippen LogP contribution in [-0.2, 0) is 6.42 Å². The minimum absolute atomic E-state index is 0.0189. The highest BCUT2D eigenvalue weighted by atomic mass is 16.1. The molecule has 0 bridgehead atoms. The van der Waals surface area contributed by atoms with Crippen LogP contribution in [0, 0.1) is 0 Å². The number of carbonyl (C=O) groups is 1. The van der Waals surface area contributed by atoms with E-state index in [2.05, 4.69) is 19.2 Å². The zero-order valence-corrected chi connectivity index (χ0v) is 12.1. The monoisotopic (exact) mass is 262 g/mol. The van der Waals surface area contributed by atoms with Gasteiger partial charge in [-0.1, -0.05) is 45.2 Å². The first-order valence-electron chi connectivity index (χ1n) is 7.31. The molecule has 3 nitrogen and oxygen atoms in total. The van der Waals surface area contributed by atoms with Gasteiger partial charge in [-0.3, -0.25) is 4.79 Å². The van der Waals surface area contributed by atoms with Gasteiger partial charge in [0.1, 0.15) is 0 Å². The number of hydrogen-bond acceptors (Lipinski definition) is 2. The molecule has 0 aliphatic rings. The van der Waals surface area contributed by atoms with E-state index in [-0.39, 0.29) is 11.9 Å². The number of unbranched alkanes of at least 4 members (excludes halogenated alkanes) is 1. The Bertz CT molecular complexity index is 373. The van der Waals surface area contributed by atoms with Crippen LogP contribution in [0.25, 0.3) is 0 Å². The first kappa shape index (κ1) is 15.7. The van der Waals surface area contributed by atoms with Crippen LogP contribution in [0.1, 0.15) is 55.5 Å². The van der Waals surface area contributed by atoms with Crippen LogP contribution in [0.15, 0.2) is 24.3 Å². The number of carbonyl (C=O) groups excluding carboxylic acids is 1. The molecule has 1 rings (SSSR count). The van der Waals surface area contributed by atoms with Crippen LogP contribution >= 0.6 is 0 Å². The van der Waals surface area contributed by atoms with Crippen LogP contribution in [0.3, 0.4) is 0 Å². The van der Waals surface area contributed by atoms with Gasteiger partial charge < -0.3 is 11.1 Å². The average Bonchev–Trinajstić information content (AvgIpc) is 2.44. The van der Waals surface area contributed by atoms with E-state index in [0.717, 1.165) is 37.7 Å². The summed E-state index contributed by atoms with van der Waals surface area (Å²) in [5, 5.41) is 3.01. The van der Waals surface area contributed by atoms with E-state index in [1.807, 2.05) is 24.3 Å². The summed E-state index contributed by atoms with van der Waals surface area (Å²) in [6.07, 6.45) is 5.35. The van der Waals surface area contributed by atoms with Gasteiger partial charge in [0.2, 0.25) is 0 Å². The highest BCUT2D eigenvalue weighted by molar-refractivity contribution is 5.94. The average molecular weight is 262 g/mol. The summed E-state index contributed by atoms with van der Waals surface area (Å²) in [4.78, 5) is 12.1. The van der Waals surface area contributed by atoms with Crippen molar-refractivity contribution in [1.82, 2.24) is 5.32 Å². The molecule has 0 fully saturated rings. The first-order chi connectivity index (χ1) is 9.21. The lowest BCUT2D eigenvalue weighted by Crippen LogP contribution is -2.40. The fourth-order valence-electron chi connectivity index (χ4n) is 2.08. The second kappa shape index (κ2) is 8.70. The molecule has 0 aromatic heterocycles. The van der Waals surface area contributed by atoms with Crippen molar-refractivity contribution >= 4 is 5.91 Å². The Morgan fingerprint density at radius 1 is 1.21 bits per heavy atom. The molecule has 3 heteroatoms. The maximum absolute atomic E-state index is 12.1. The molecule has 1 aromatic carbocycles. The number of nitrogens with two attached hydrogens (primary N) is 1. The van der Waals surface area contributed by atoms with Crippen molar-refractivity contribution in [2.45, 2.75) is 52.0 Å². The molecular weight excluding hydrogens is 236 g/mol. The zero-order chi connectivity index (χ0) is 14.1. The summed E-state index contributed by atoms with van der Waals surface area (Å²) in [5.74, 6) is -0.0189. The summed E-state index contributed by atoms with van der Waals surface area (Å²) in [6, 6.07) is 7.94. The molecular formula is C16H26N2O. The molecule has 0 saturated heterocycles. The largest absolute Gasteiger partial charge is 0.348 e. The van der Waals surface area contributed by atoms with Crippen molar-refractivity contribution in [3.63, 3.8) is 0 Å². The molecule has 1 amide bonds. The highest BCUT2D eigenvalue weighted by Crippen LogP contribution is 2.08. The van der Waals surface area contributed by atoms with Gasteiger partial charge in [-0.2, -0.15) is 0 Å². The number of rotatable bonds is 8. The topological polar surface area (TPSA) is 55.1 Å². The van der Waals surface area contributed by atoms with Gasteiger partial charge in [0.25, 0.3) is 5.91 Å². The van der Waals surface area contributed by atoms with Gasteiger partial charge in [0.15, 0.2) is 0 Å². The Balaban J connectivity index is 2.56. The van der Waals surface area contributed by atoms with Crippen molar-refractivity contribution < 1.29 is 4.79 Å². The Kier molecular flexibility index (Phi) is 7.19. The standard InChI is InChI=1S/C16H26N2O/c1-3-5-7-15(12-17)18-16(19)14-10-8-13(6-4-2)9-11-14/h8-11,15H,3-7,12,17H2,1-2H3,(H,18,19). The third kappa shape index (κ3) is 5.43. The normalized spacial score (nSPS) is 12.2. The lowest BCUT2D eigenvalue weighted by molar-refractivity contribution is 0.0936. The lowest BCUT2D eigenvalue weighted by Gasteiger charge is -2.16. The Morgan fingerprint density at radius 2 is 1.89 bits per heavy atom. The summed E-state index contributed by atoms with van der Waals surface area (Å²) < 4.78 is 0. The minimum atomic E-state index is -0.0189. The van der Waals surface area contributed by atoms with Crippen molar-refractivity contribution in [2.24, 2.45) is 5.73 Å². The number of amides is 1. The Hall–Kier alpha value is -1.35. The van der Waals surface area contributed by atoms with Crippen LogP contribution in [0.4, 0.5) is 0 Å². The van der Waals surface area contributed by atoms with Gasteiger partial charge in [0.05, 0.1) is 0 Å². The van der Waals surface area contributed by atoms with E-state index in [9.17, 15) is 4.79 Å². The minimum Gasteiger partial charge on any atom is -0.348 e. The van der Waals surface area contributed by atoms with Gasteiger partial charge in [-0.05, 0) is 30.5 Å². The van der Waals surface area contributed by atoms with Crippen molar-refractivity contribution in [3.05, 3.63) is 35.4 Å². The number of aryl methyl sites for hydroxylation is 1. The third-order valence-electron chi connectivity index (χ3n) is 3.28. The van der Waals surface area contributed by atoms with E-state index in [4.69, 9.17) is 5.73 Å². The second-order valence-electron chi connectivity index (χ2n) is 5.00. The molecule has 0 spiro atoms. The molecule has 1 aromatic rings. The summed E-state index contributed by atoms with van der Waals surface area (Å²) in [6.45, 7) is 4.79. The van der Waals surface area contributed by atoms with Gasteiger partial charge in [-0.15, -0.1) is 0 Å². The summed E-state index contributed by atoms with van der Waals surface area (Å²) in [7, 11) is 0. The molecule has 0 aliphatic carbocycles. The molecule has 3 N–H and O–H groups in total. The van der Waals surface area contributed by atoms with Crippen LogP contribution in [0.5, 0.6) is 0 Å². The highest BCUT2D eigenvalue weighted by Gasteiger charge is 2.11. The van der Waals surface area contributed by atoms with Crippen LogP contribution in [-0.4, -0.2) is 18.5 Å². The summed E-state index contributed by atoms with van der Waals surface area (Å²) >= 11 is 0. The maximum atomic E-state index is 12.1. The molecule has 0 saturated carbocycles. The fourth-order valence-corrected chi connectivity index (χ4v) is 2.08. The molecule has 0 aliphatic heterocycles. The quantitative estimate of drug-likeness (QED) is 0.757. The van der Waals surface area contributed by atoms with Crippen LogP contribution in [0.2, 0.25) is 0 Å². The van der Waals surface area contributed by atoms with E-state index >= 15 is 0 Å². The van der Waals surface area contributed by atoms with Gasteiger partial charge >= 0.3 is 0 Å². The molecule has 1 atom stereocenters. The first-order valence-corrected chi connectivity index (χ1v) is 7.31. The predicted octanol–water partition coefficient (Wildman–Crippen LogP) is 2.89. The van der Waals surface area contributed by atoms with Crippen molar-refractivity contribution in [1.29, 1.82) is 0 Å². The van der Waals surface area contributed by atoms with E-state index in [1.54, 1.807) is 0 Å². The number of hydrogen-bond donors (Lipinski definition) is 2. The van der Waals surface area contributed by atoms with Gasteiger partial charge in [0, 0.05) is 18.2 Å². The number of benzene rings is 1. The molecule has 0 heterocycles. The maximum Gasteiger partial charge on any atom is 0.251 e. The Morgan fingerprint density at radius 3 is 2.42 bits per heavy atom. The Labute approximate surface area is 116 Å². The zero-order valence-electron chi connectivity index (χ0n) is 12.1. The number of nitrogens with one attached hydrogen (secondary N) is 1. The van der Waals surface area contributed by atoms with E-state index in [1.165, 1.54) is 5.56 Å². The summed E-state index contributed by atoms with van der Waals surface area (Å²) in [5.41, 5.74) is 7.68. The molecule has 19 heavy (non-hydrogen) atoms. The molecule has 0 radical (unpaired) electrons. The van der Waals surface area contributed by atoms with E-state index < -0.39 is 0 Å². The molecule has 106 valence electrons. The molecule has 1 unspecified atom stereocenters. The predicted molar refractivity (Wildman–Crippen MR) is 80.3 cm³/mol. The van der Waals surface area contributed by atoms with Crippen molar-refractivity contribution in [2.75, 3.05) is 6.54 Å². The third-order valence-corrected chi connectivity index (χ3v) is 3.28. The lowest BCUT2D eigenvalue weighted by atomic mass is 10.1. The fraction of sp³-hybridized carbons (Fsp3) is 0.562. The van der Waals surface area contributed by atoms with Crippen molar-refractivity contribution in [3.8, 4) is 0 Å². The second-order valence-corrected chi connectivity index (χ2v) is 5.00. The van der Waals surface area contributed by atoms with E-state index in [0.29, 0.717) is 6.54 Å². The smallest absolute Gasteiger partial charge is 0.251 e.